The summed E-state index contributed by atoms with van der Waals surface area (Å²) in [6.45, 7) is 13.8. The van der Waals surface area contributed by atoms with Crippen LogP contribution < -0.4 is 5.19 Å². The van der Waals surface area contributed by atoms with E-state index in [0.717, 1.165) is 50.7 Å². The second-order valence-electron chi connectivity index (χ2n) is 16.3. The topological polar surface area (TPSA) is 38.9 Å². The Kier molecular flexibility index (Phi) is 11.4. The average molecular weight is 913 g/mol. The van der Waals surface area contributed by atoms with Gasteiger partial charge < -0.3 is 14.4 Å². The molecule has 1 aliphatic carbocycles. The van der Waals surface area contributed by atoms with Crippen LogP contribution in [0.15, 0.2) is 120 Å². The van der Waals surface area contributed by atoms with Crippen LogP contribution in [0.2, 0.25) is 19.6 Å². The molecule has 0 aliphatic heterocycles. The molecule has 8 aromatic rings. The number of rotatable bonds is 6. The maximum Gasteiger partial charge on any atom is 0.120 e. The molecule has 0 saturated heterocycles. The van der Waals surface area contributed by atoms with Crippen LogP contribution in [-0.2, 0) is 39.4 Å². The van der Waals surface area contributed by atoms with Crippen molar-refractivity contribution < 1.29 is 24.5 Å². The summed E-state index contributed by atoms with van der Waals surface area (Å²) in [5, 5.41) is 6.30. The van der Waals surface area contributed by atoms with E-state index in [0.29, 0.717) is 5.92 Å². The molecule has 0 bridgehead atoms. The van der Waals surface area contributed by atoms with Crippen molar-refractivity contribution in [3.05, 3.63) is 150 Å². The minimum Gasteiger partial charge on any atom is -0.501 e. The van der Waals surface area contributed by atoms with E-state index >= 15 is 0 Å². The van der Waals surface area contributed by atoms with E-state index in [1.165, 1.54) is 64.4 Å². The van der Waals surface area contributed by atoms with Crippen molar-refractivity contribution in [2.24, 2.45) is 5.92 Å². The second-order valence-corrected chi connectivity index (χ2v) is 21.3. The zero-order valence-corrected chi connectivity index (χ0v) is 36.1. The van der Waals surface area contributed by atoms with Crippen molar-refractivity contribution in [2.75, 3.05) is 0 Å². The van der Waals surface area contributed by atoms with Crippen LogP contribution in [0.3, 0.4) is 0 Å². The molecule has 9 rings (SSSR count). The van der Waals surface area contributed by atoms with Crippen LogP contribution in [0.5, 0.6) is 0 Å². The Labute approximate surface area is 340 Å². The number of hydrogen-bond donors (Lipinski definition) is 0. The number of benzene rings is 5. The molecule has 0 amide bonds. The molecule has 279 valence electrons. The molecule has 3 aromatic heterocycles. The molecule has 0 spiro atoms. The largest absolute Gasteiger partial charge is 0.501 e. The predicted molar refractivity (Wildman–Crippen MR) is 230 cm³/mol. The molecule has 0 atom stereocenters. The van der Waals surface area contributed by atoms with Crippen LogP contribution in [-0.4, -0.2) is 18.0 Å². The standard InChI is InChI=1S/C32H26NO.C18H22NSi.Ir/c1-20(2)15-22-13-14-33-30(18-22)29-17-21(3)16-28-27-19-24(11-12-31(27)34-32(28)29)26-10-6-8-23-7-4-5-9-25(23)26;1-20(2,3)17-13-19-18(14-9-5-4-6-10-14)16-12-8-7-11-15(16)17;/h4-14,16,18-20H,15H2,1-3H3;4-6,9,13H,7-8,11-12H2,1-3H3;/q2*-1;. The number of furan rings is 1. The van der Waals surface area contributed by atoms with E-state index in [4.69, 9.17) is 9.40 Å². The van der Waals surface area contributed by atoms with Gasteiger partial charge in [0.2, 0.25) is 0 Å². The fourth-order valence-corrected chi connectivity index (χ4v) is 9.79. The van der Waals surface area contributed by atoms with Gasteiger partial charge in [-0.25, -0.2) is 0 Å². The van der Waals surface area contributed by atoms with Gasteiger partial charge in [0, 0.05) is 37.9 Å². The van der Waals surface area contributed by atoms with Gasteiger partial charge in [0.05, 0.1) is 13.7 Å². The maximum atomic E-state index is 6.42. The molecule has 1 aliphatic rings. The fourth-order valence-electron chi connectivity index (χ4n) is 8.15. The molecule has 3 heterocycles. The molecular weight excluding hydrogens is 865 g/mol. The van der Waals surface area contributed by atoms with Gasteiger partial charge in [-0.15, -0.1) is 53.6 Å². The number of hydrogen-bond acceptors (Lipinski definition) is 3. The molecule has 0 N–H and O–H groups in total. The van der Waals surface area contributed by atoms with Crippen molar-refractivity contribution in [1.29, 1.82) is 0 Å². The molecule has 0 unspecified atom stereocenters. The van der Waals surface area contributed by atoms with Gasteiger partial charge in [-0.05, 0) is 94.7 Å². The van der Waals surface area contributed by atoms with Gasteiger partial charge in [0.15, 0.2) is 0 Å². The Bertz CT molecular complexity index is 2610. The molecule has 3 nitrogen and oxygen atoms in total. The van der Waals surface area contributed by atoms with Crippen molar-refractivity contribution in [3.8, 4) is 33.6 Å². The first-order valence-corrected chi connectivity index (χ1v) is 22.9. The smallest absolute Gasteiger partial charge is 0.120 e. The summed E-state index contributed by atoms with van der Waals surface area (Å²) in [6.07, 6.45) is 10.1. The SMILES string of the molecule is C[Si](C)(C)c1cnc(-c2[c-]cccc2)c2c1CCCC2.Cc1[c-]c(-c2cc(CC(C)C)ccn2)c2oc3ccc(-c4cccc5ccccc45)cc3c2c1.[Ir]. The summed E-state index contributed by atoms with van der Waals surface area (Å²) in [5.41, 5.74) is 13.8. The minimum absolute atomic E-state index is 0. The fraction of sp³-hybridized carbons (Fsp3) is 0.240. The quantitative estimate of drug-likeness (QED) is 0.123. The zero-order valence-electron chi connectivity index (χ0n) is 32.7. The summed E-state index contributed by atoms with van der Waals surface area (Å²) in [7, 11) is -1.31. The summed E-state index contributed by atoms with van der Waals surface area (Å²) >= 11 is 0. The van der Waals surface area contributed by atoms with Gasteiger partial charge in [-0.1, -0.05) is 123 Å². The van der Waals surface area contributed by atoms with Gasteiger partial charge in [0.1, 0.15) is 5.58 Å². The third-order valence-electron chi connectivity index (χ3n) is 10.6. The number of aryl methyl sites for hydroxylation is 1. The predicted octanol–water partition coefficient (Wildman–Crippen LogP) is 12.7. The summed E-state index contributed by atoms with van der Waals surface area (Å²) in [5.74, 6) is 0.593. The Morgan fingerprint density at radius 2 is 1.56 bits per heavy atom. The molecule has 5 heteroatoms. The van der Waals surface area contributed by atoms with Crippen LogP contribution in [0, 0.1) is 25.0 Å². The maximum absolute atomic E-state index is 6.42. The van der Waals surface area contributed by atoms with E-state index in [1.807, 2.05) is 18.3 Å². The van der Waals surface area contributed by atoms with Crippen LogP contribution in [0.25, 0.3) is 66.4 Å². The van der Waals surface area contributed by atoms with Crippen molar-refractivity contribution in [3.63, 3.8) is 0 Å². The van der Waals surface area contributed by atoms with Gasteiger partial charge in [-0.3, -0.25) is 0 Å². The van der Waals surface area contributed by atoms with E-state index in [9.17, 15) is 0 Å². The summed E-state index contributed by atoms with van der Waals surface area (Å²) in [6, 6.07) is 43.1. The van der Waals surface area contributed by atoms with Crippen molar-refractivity contribution in [2.45, 2.75) is 72.5 Å². The van der Waals surface area contributed by atoms with Crippen molar-refractivity contribution >= 4 is 46.0 Å². The summed E-state index contributed by atoms with van der Waals surface area (Å²) < 4.78 is 6.42. The zero-order chi connectivity index (χ0) is 37.4. The number of nitrogens with zero attached hydrogens (tertiary/aromatic N) is 2. The van der Waals surface area contributed by atoms with Crippen LogP contribution in [0.4, 0.5) is 0 Å². The Hall–Kier alpha value is -4.67. The third-order valence-corrected chi connectivity index (χ3v) is 12.7. The first-order chi connectivity index (χ1) is 26.1. The van der Waals surface area contributed by atoms with E-state index in [-0.39, 0.29) is 20.1 Å². The Morgan fingerprint density at radius 3 is 2.35 bits per heavy atom. The Balaban J connectivity index is 0.000000190. The number of pyridine rings is 2. The average Bonchev–Trinajstić information content (AvgIpc) is 3.54. The van der Waals surface area contributed by atoms with Crippen LogP contribution in [0.1, 0.15) is 48.9 Å². The first-order valence-electron chi connectivity index (χ1n) is 19.4. The van der Waals surface area contributed by atoms with Crippen LogP contribution >= 0.6 is 0 Å². The first kappa shape index (κ1) is 38.6. The van der Waals surface area contributed by atoms with E-state index in [2.05, 4.69) is 155 Å². The van der Waals surface area contributed by atoms with E-state index < -0.39 is 8.07 Å². The second kappa shape index (κ2) is 16.2. The molecule has 0 fully saturated rings. The monoisotopic (exact) mass is 913 g/mol. The van der Waals surface area contributed by atoms with Gasteiger partial charge in [-0.2, -0.15) is 0 Å². The minimum atomic E-state index is -1.31. The Morgan fingerprint density at radius 1 is 0.782 bits per heavy atom. The van der Waals surface area contributed by atoms with Crippen molar-refractivity contribution in [1.82, 2.24) is 9.97 Å². The number of aromatic nitrogens is 2. The molecule has 55 heavy (non-hydrogen) atoms. The molecule has 0 saturated carbocycles. The van der Waals surface area contributed by atoms with E-state index in [1.54, 1.807) is 10.8 Å². The molecule has 5 aromatic carbocycles. The van der Waals surface area contributed by atoms with Gasteiger partial charge >= 0.3 is 0 Å². The molecule has 1 radical (unpaired) electrons. The third kappa shape index (κ3) is 8.03. The molecular formula is C50H48IrN2OSi-2. The number of fused-ring (bicyclic) bond motifs is 5. The van der Waals surface area contributed by atoms with Gasteiger partial charge in [0.25, 0.3) is 0 Å². The normalized spacial score (nSPS) is 12.7. The summed E-state index contributed by atoms with van der Waals surface area (Å²) in [4.78, 5) is 9.52.